The van der Waals surface area contributed by atoms with E-state index in [2.05, 4.69) is 37.4 Å². The van der Waals surface area contributed by atoms with E-state index in [1.54, 1.807) is 7.11 Å². The summed E-state index contributed by atoms with van der Waals surface area (Å²) in [5.41, 5.74) is 2.16. The smallest absolute Gasteiger partial charge is 0.119 e. The number of β-amino-alcohol motifs (C(OH)–C–C–N with tert-alkyl or cyclic N) is 1. The molecule has 0 heterocycles. The van der Waals surface area contributed by atoms with Crippen molar-refractivity contribution in [3.8, 4) is 17.6 Å². The van der Waals surface area contributed by atoms with Crippen LogP contribution < -0.4 is 14.8 Å². The van der Waals surface area contributed by atoms with E-state index in [-0.39, 0.29) is 12.1 Å². The van der Waals surface area contributed by atoms with Gasteiger partial charge in [-0.3, -0.25) is 0 Å². The maximum absolute atomic E-state index is 10.2. The van der Waals surface area contributed by atoms with Gasteiger partial charge in [-0.25, -0.2) is 0 Å². The van der Waals surface area contributed by atoms with Crippen LogP contribution in [0.5, 0.6) is 11.5 Å². The first-order chi connectivity index (χ1) is 13.4. The molecule has 0 aliphatic heterocycles. The molecular formula is C23H30N2O3. The fourth-order valence-electron chi connectivity index (χ4n) is 2.91. The van der Waals surface area contributed by atoms with E-state index < -0.39 is 6.10 Å². The summed E-state index contributed by atoms with van der Waals surface area (Å²) in [4.78, 5) is 0. The second-order valence-corrected chi connectivity index (χ2v) is 7.56. The lowest BCUT2D eigenvalue weighted by Crippen LogP contribution is -2.46. The normalized spacial score (nSPS) is 12.2. The Morgan fingerprint density at radius 3 is 2.25 bits per heavy atom. The van der Waals surface area contributed by atoms with E-state index in [4.69, 9.17) is 14.7 Å². The van der Waals surface area contributed by atoms with Gasteiger partial charge in [0.2, 0.25) is 0 Å². The number of benzene rings is 2. The monoisotopic (exact) mass is 382 g/mol. The molecule has 0 saturated carbocycles. The Kier molecular flexibility index (Phi) is 8.31. The van der Waals surface area contributed by atoms with Gasteiger partial charge in [0, 0.05) is 18.5 Å². The largest absolute Gasteiger partial charge is 0.497 e. The number of aliphatic hydroxyl groups excluding tert-OH is 1. The van der Waals surface area contributed by atoms with E-state index in [0.717, 1.165) is 29.9 Å². The first kappa shape index (κ1) is 21.7. The van der Waals surface area contributed by atoms with E-state index in [9.17, 15) is 5.11 Å². The summed E-state index contributed by atoms with van der Waals surface area (Å²) < 4.78 is 10.9. The van der Waals surface area contributed by atoms with Crippen LogP contribution in [-0.2, 0) is 12.8 Å². The molecule has 0 radical (unpaired) electrons. The molecule has 0 amide bonds. The molecule has 0 bridgehead atoms. The average molecular weight is 383 g/mol. The number of ether oxygens (including phenoxy) is 2. The number of nitriles is 1. The van der Waals surface area contributed by atoms with Crippen molar-refractivity contribution in [1.82, 2.24) is 5.32 Å². The number of hydrogen-bond acceptors (Lipinski definition) is 5. The third kappa shape index (κ3) is 7.59. The highest BCUT2D eigenvalue weighted by atomic mass is 16.5. The third-order valence-electron chi connectivity index (χ3n) is 4.51. The molecule has 0 fully saturated rings. The lowest BCUT2D eigenvalue weighted by atomic mass is 9.94. The Bertz CT molecular complexity index is 749. The molecule has 0 saturated heterocycles. The Hall–Kier alpha value is -2.55. The standard InChI is InChI=1S/C23H30N2O3/c1-23(2,15-19-8-10-21(27-3)11-9-19)25-16-20(26)17-28-22-12-6-18(7-13-22)5-4-14-24/h6-13,20,25-26H,4-5,15-17H2,1-3H3/t20-/m1/s1. The summed E-state index contributed by atoms with van der Waals surface area (Å²) in [7, 11) is 1.66. The van der Waals surface area contributed by atoms with Crippen LogP contribution >= 0.6 is 0 Å². The summed E-state index contributed by atoms with van der Waals surface area (Å²) in [5.74, 6) is 1.57. The minimum Gasteiger partial charge on any atom is -0.497 e. The van der Waals surface area contributed by atoms with Gasteiger partial charge >= 0.3 is 0 Å². The van der Waals surface area contributed by atoms with Crippen molar-refractivity contribution in [2.45, 2.75) is 44.8 Å². The fraction of sp³-hybridized carbons (Fsp3) is 0.435. The Morgan fingerprint density at radius 1 is 1.04 bits per heavy atom. The van der Waals surface area contributed by atoms with Gasteiger partial charge < -0.3 is 19.9 Å². The summed E-state index contributed by atoms with van der Waals surface area (Å²) in [6.07, 6.45) is 1.49. The molecule has 0 unspecified atom stereocenters. The van der Waals surface area contributed by atoms with Crippen LogP contribution in [-0.4, -0.2) is 37.0 Å². The molecule has 2 rings (SSSR count). The number of hydrogen-bond donors (Lipinski definition) is 2. The van der Waals surface area contributed by atoms with E-state index in [0.29, 0.717) is 13.0 Å². The molecule has 0 aromatic heterocycles. The van der Waals surface area contributed by atoms with E-state index >= 15 is 0 Å². The van der Waals surface area contributed by atoms with Gasteiger partial charge in [0.15, 0.2) is 0 Å². The van der Waals surface area contributed by atoms with Gasteiger partial charge in [-0.2, -0.15) is 5.26 Å². The van der Waals surface area contributed by atoms with Crippen LogP contribution in [0.15, 0.2) is 48.5 Å². The Morgan fingerprint density at radius 2 is 1.64 bits per heavy atom. The molecule has 5 heteroatoms. The SMILES string of the molecule is COc1ccc(CC(C)(C)NC[C@@H](O)COc2ccc(CCC#N)cc2)cc1. The summed E-state index contributed by atoms with van der Waals surface area (Å²) >= 11 is 0. The van der Waals surface area contributed by atoms with Crippen molar-refractivity contribution in [2.75, 3.05) is 20.3 Å². The average Bonchev–Trinajstić information content (AvgIpc) is 2.70. The van der Waals surface area contributed by atoms with Gasteiger partial charge in [-0.1, -0.05) is 24.3 Å². The molecule has 2 aromatic rings. The highest BCUT2D eigenvalue weighted by molar-refractivity contribution is 5.28. The van der Waals surface area contributed by atoms with Crippen molar-refractivity contribution < 1.29 is 14.6 Å². The quantitative estimate of drug-likeness (QED) is 0.622. The molecule has 5 nitrogen and oxygen atoms in total. The molecule has 2 aromatic carbocycles. The van der Waals surface area contributed by atoms with Gasteiger partial charge in [0.25, 0.3) is 0 Å². The molecule has 0 spiro atoms. The molecule has 0 aliphatic rings. The van der Waals surface area contributed by atoms with Crippen LogP contribution in [0.3, 0.4) is 0 Å². The predicted molar refractivity (Wildman–Crippen MR) is 111 cm³/mol. The van der Waals surface area contributed by atoms with Gasteiger partial charge in [0.1, 0.15) is 24.2 Å². The fourth-order valence-corrected chi connectivity index (χ4v) is 2.91. The maximum Gasteiger partial charge on any atom is 0.119 e. The summed E-state index contributed by atoms with van der Waals surface area (Å²) in [6, 6.07) is 17.8. The number of rotatable bonds is 11. The lowest BCUT2D eigenvalue weighted by Gasteiger charge is -2.28. The molecular weight excluding hydrogens is 352 g/mol. The van der Waals surface area contributed by atoms with Crippen LogP contribution in [0.25, 0.3) is 0 Å². The number of aryl methyl sites for hydroxylation is 1. The van der Waals surface area contributed by atoms with Crippen LogP contribution in [0.2, 0.25) is 0 Å². The zero-order chi connectivity index (χ0) is 20.4. The predicted octanol–water partition coefficient (Wildman–Crippen LogP) is 3.50. The van der Waals surface area contributed by atoms with Crippen molar-refractivity contribution in [3.63, 3.8) is 0 Å². The first-order valence-electron chi connectivity index (χ1n) is 9.56. The molecule has 0 aliphatic carbocycles. The van der Waals surface area contributed by atoms with E-state index in [1.807, 2.05) is 36.4 Å². The van der Waals surface area contributed by atoms with Crippen LogP contribution in [0.1, 0.15) is 31.4 Å². The van der Waals surface area contributed by atoms with Crippen LogP contribution in [0, 0.1) is 11.3 Å². The zero-order valence-corrected chi connectivity index (χ0v) is 16.9. The molecule has 150 valence electrons. The Labute approximate surface area is 167 Å². The number of nitrogens with one attached hydrogen (secondary N) is 1. The number of aliphatic hydroxyl groups is 1. The topological polar surface area (TPSA) is 74.5 Å². The highest BCUT2D eigenvalue weighted by Gasteiger charge is 2.19. The lowest BCUT2D eigenvalue weighted by molar-refractivity contribution is 0.0988. The Balaban J connectivity index is 1.74. The molecule has 2 N–H and O–H groups in total. The maximum atomic E-state index is 10.2. The van der Waals surface area contributed by atoms with Crippen molar-refractivity contribution in [3.05, 3.63) is 59.7 Å². The third-order valence-corrected chi connectivity index (χ3v) is 4.51. The molecule has 1 atom stereocenters. The second-order valence-electron chi connectivity index (χ2n) is 7.56. The second kappa shape index (κ2) is 10.7. The van der Waals surface area contributed by atoms with Crippen molar-refractivity contribution in [2.24, 2.45) is 0 Å². The first-order valence-corrected chi connectivity index (χ1v) is 9.56. The molecule has 28 heavy (non-hydrogen) atoms. The minimum absolute atomic E-state index is 0.155. The van der Waals surface area contributed by atoms with Crippen LogP contribution in [0.4, 0.5) is 0 Å². The summed E-state index contributed by atoms with van der Waals surface area (Å²) in [5, 5.41) is 22.3. The zero-order valence-electron chi connectivity index (χ0n) is 16.9. The van der Waals surface area contributed by atoms with Gasteiger partial charge in [-0.15, -0.1) is 0 Å². The summed E-state index contributed by atoms with van der Waals surface area (Å²) in [6.45, 7) is 4.90. The van der Waals surface area contributed by atoms with Gasteiger partial charge in [-0.05, 0) is 62.1 Å². The minimum atomic E-state index is -0.603. The van der Waals surface area contributed by atoms with Gasteiger partial charge in [0.05, 0.1) is 13.2 Å². The highest BCUT2D eigenvalue weighted by Crippen LogP contribution is 2.17. The number of nitrogens with zero attached hydrogens (tertiary/aromatic N) is 1. The van der Waals surface area contributed by atoms with Crippen molar-refractivity contribution in [1.29, 1.82) is 5.26 Å². The van der Waals surface area contributed by atoms with E-state index in [1.165, 1.54) is 5.56 Å². The van der Waals surface area contributed by atoms with Crippen molar-refractivity contribution >= 4 is 0 Å². The number of methoxy groups -OCH3 is 1.